The lowest BCUT2D eigenvalue weighted by Gasteiger charge is -2.30. The first-order chi connectivity index (χ1) is 9.31. The van der Waals surface area contributed by atoms with Crippen LogP contribution < -0.4 is 5.32 Å². The maximum Gasteiger partial charge on any atom is 0.135 e. The second-order valence-corrected chi connectivity index (χ2v) is 6.82. The molecule has 2 atom stereocenters. The Labute approximate surface area is 126 Å². The molecule has 0 radical (unpaired) electrons. The van der Waals surface area contributed by atoms with Crippen molar-refractivity contribution in [2.45, 2.75) is 38.1 Å². The maximum absolute atomic E-state index is 5.72. The predicted molar refractivity (Wildman–Crippen MR) is 82.8 cm³/mol. The lowest BCUT2D eigenvalue weighted by molar-refractivity contribution is 0.345. The van der Waals surface area contributed by atoms with Gasteiger partial charge in [-0.3, -0.25) is 0 Å². The quantitative estimate of drug-likeness (QED) is 0.859. The fourth-order valence-electron chi connectivity index (χ4n) is 3.03. The second kappa shape index (κ2) is 5.81. The van der Waals surface area contributed by atoms with Crippen molar-refractivity contribution in [3.05, 3.63) is 44.4 Å². The summed E-state index contributed by atoms with van der Waals surface area (Å²) in [7, 11) is 0. The van der Waals surface area contributed by atoms with Gasteiger partial charge < -0.3 is 9.73 Å². The molecule has 2 aromatic heterocycles. The zero-order valence-corrected chi connectivity index (χ0v) is 13.4. The highest BCUT2D eigenvalue weighted by atomic mass is 79.9. The summed E-state index contributed by atoms with van der Waals surface area (Å²) in [5.74, 6) is 1.56. The third-order valence-corrected chi connectivity index (χ3v) is 5.50. The van der Waals surface area contributed by atoms with E-state index in [1.54, 1.807) is 11.1 Å². The highest BCUT2D eigenvalue weighted by molar-refractivity contribution is 9.10. The summed E-state index contributed by atoms with van der Waals surface area (Å²) in [4.78, 5) is 1.56. The van der Waals surface area contributed by atoms with Gasteiger partial charge in [-0.05, 0) is 64.8 Å². The number of furan rings is 1. The maximum atomic E-state index is 5.72. The summed E-state index contributed by atoms with van der Waals surface area (Å²) in [5, 5.41) is 5.83. The molecule has 19 heavy (non-hydrogen) atoms. The summed E-state index contributed by atoms with van der Waals surface area (Å²) >= 11 is 5.50. The highest BCUT2D eigenvalue weighted by Crippen LogP contribution is 2.43. The minimum absolute atomic E-state index is 0.267. The molecule has 2 nitrogen and oxygen atoms in total. The average molecular weight is 340 g/mol. The van der Waals surface area contributed by atoms with Gasteiger partial charge in [-0.25, -0.2) is 0 Å². The van der Waals surface area contributed by atoms with E-state index < -0.39 is 0 Å². The molecule has 102 valence electrons. The average Bonchev–Trinajstić information content (AvgIpc) is 3.04. The van der Waals surface area contributed by atoms with Crippen LogP contribution in [0.15, 0.2) is 32.7 Å². The van der Waals surface area contributed by atoms with Crippen molar-refractivity contribution in [3.8, 4) is 0 Å². The number of thiophene rings is 1. The van der Waals surface area contributed by atoms with E-state index in [9.17, 15) is 0 Å². The lowest BCUT2D eigenvalue weighted by Crippen LogP contribution is -2.28. The third kappa shape index (κ3) is 2.54. The van der Waals surface area contributed by atoms with E-state index in [0.717, 1.165) is 16.8 Å². The first-order valence-electron chi connectivity index (χ1n) is 6.83. The fourth-order valence-corrected chi connectivity index (χ4v) is 4.48. The Morgan fingerprint density at radius 3 is 3.16 bits per heavy atom. The van der Waals surface area contributed by atoms with Crippen LogP contribution in [0.25, 0.3) is 0 Å². The van der Waals surface area contributed by atoms with Gasteiger partial charge in [-0.15, -0.1) is 11.3 Å². The van der Waals surface area contributed by atoms with Crippen LogP contribution in [0.3, 0.4) is 0 Å². The van der Waals surface area contributed by atoms with E-state index in [1.165, 1.54) is 24.8 Å². The van der Waals surface area contributed by atoms with E-state index in [1.807, 2.05) is 17.4 Å². The molecule has 0 amide bonds. The largest absolute Gasteiger partial charge is 0.466 e. The Morgan fingerprint density at radius 1 is 1.53 bits per heavy atom. The van der Waals surface area contributed by atoms with Crippen molar-refractivity contribution in [1.82, 2.24) is 5.32 Å². The Hall–Kier alpha value is -0.580. The van der Waals surface area contributed by atoms with E-state index in [-0.39, 0.29) is 6.04 Å². The fraction of sp³-hybridized carbons (Fsp3) is 0.467. The number of halogens is 1. The van der Waals surface area contributed by atoms with Crippen LogP contribution in [0.5, 0.6) is 0 Å². The number of hydrogen-bond acceptors (Lipinski definition) is 3. The summed E-state index contributed by atoms with van der Waals surface area (Å²) in [6.45, 7) is 3.11. The zero-order chi connectivity index (χ0) is 13.2. The van der Waals surface area contributed by atoms with Crippen LogP contribution in [0.2, 0.25) is 0 Å². The molecular weight excluding hydrogens is 322 g/mol. The van der Waals surface area contributed by atoms with Crippen LogP contribution in [-0.4, -0.2) is 6.54 Å². The molecule has 2 unspecified atom stereocenters. The summed E-state index contributed by atoms with van der Waals surface area (Å²) in [6.07, 6.45) is 5.51. The van der Waals surface area contributed by atoms with E-state index in [2.05, 4.69) is 39.6 Å². The van der Waals surface area contributed by atoms with Crippen LogP contribution >= 0.6 is 27.3 Å². The molecule has 1 aliphatic carbocycles. The van der Waals surface area contributed by atoms with Crippen molar-refractivity contribution in [2.75, 3.05) is 6.54 Å². The third-order valence-electron chi connectivity index (χ3n) is 3.85. The molecule has 2 aromatic rings. The molecule has 0 saturated carbocycles. The Bertz CT molecular complexity index is 548. The smallest absolute Gasteiger partial charge is 0.135 e. The van der Waals surface area contributed by atoms with Crippen molar-refractivity contribution >= 4 is 27.3 Å². The van der Waals surface area contributed by atoms with Gasteiger partial charge in [0.1, 0.15) is 5.76 Å². The van der Waals surface area contributed by atoms with Crippen LogP contribution in [0.4, 0.5) is 0 Å². The van der Waals surface area contributed by atoms with Crippen molar-refractivity contribution in [3.63, 3.8) is 0 Å². The number of rotatable bonds is 4. The van der Waals surface area contributed by atoms with Gasteiger partial charge in [-0.1, -0.05) is 6.92 Å². The van der Waals surface area contributed by atoms with E-state index in [0.29, 0.717) is 5.92 Å². The van der Waals surface area contributed by atoms with Gasteiger partial charge in [0.25, 0.3) is 0 Å². The van der Waals surface area contributed by atoms with Gasteiger partial charge in [0.15, 0.2) is 0 Å². The van der Waals surface area contributed by atoms with Crippen LogP contribution in [-0.2, 0) is 6.42 Å². The summed E-state index contributed by atoms with van der Waals surface area (Å²) in [6, 6.07) is 4.55. The molecule has 0 bridgehead atoms. The number of likely N-dealkylation sites (N-methyl/N-ethyl adjacent to an activating group) is 1. The monoisotopic (exact) mass is 339 g/mol. The molecule has 0 saturated heterocycles. The molecule has 0 spiro atoms. The lowest BCUT2D eigenvalue weighted by atomic mass is 9.81. The SMILES string of the molecule is CCNC(c1occc1Br)C1CCCc2sccc21. The zero-order valence-electron chi connectivity index (χ0n) is 11.0. The van der Waals surface area contributed by atoms with Gasteiger partial charge in [-0.2, -0.15) is 0 Å². The summed E-state index contributed by atoms with van der Waals surface area (Å²) < 4.78 is 6.79. The van der Waals surface area contributed by atoms with Crippen molar-refractivity contribution in [1.29, 1.82) is 0 Å². The Kier molecular flexibility index (Phi) is 4.10. The minimum atomic E-state index is 0.267. The van der Waals surface area contributed by atoms with Crippen LogP contribution in [0.1, 0.15) is 47.9 Å². The number of aryl methyl sites for hydroxylation is 1. The normalized spacial score (nSPS) is 20.2. The molecule has 3 rings (SSSR count). The molecule has 0 fully saturated rings. The molecule has 1 aliphatic rings. The second-order valence-electron chi connectivity index (χ2n) is 4.97. The number of fused-ring (bicyclic) bond motifs is 1. The van der Waals surface area contributed by atoms with Gasteiger partial charge in [0.2, 0.25) is 0 Å². The van der Waals surface area contributed by atoms with Gasteiger partial charge in [0, 0.05) is 10.8 Å². The van der Waals surface area contributed by atoms with Gasteiger partial charge in [0.05, 0.1) is 16.8 Å². The van der Waals surface area contributed by atoms with Crippen LogP contribution in [0, 0.1) is 0 Å². The first-order valence-corrected chi connectivity index (χ1v) is 8.51. The number of nitrogens with one attached hydrogen (secondary N) is 1. The molecule has 0 aliphatic heterocycles. The predicted octanol–water partition coefficient (Wildman–Crippen LogP) is 4.87. The van der Waals surface area contributed by atoms with Crippen molar-refractivity contribution < 1.29 is 4.42 Å². The van der Waals surface area contributed by atoms with Gasteiger partial charge >= 0.3 is 0 Å². The molecule has 2 heterocycles. The Morgan fingerprint density at radius 2 is 2.42 bits per heavy atom. The van der Waals surface area contributed by atoms with E-state index in [4.69, 9.17) is 4.42 Å². The van der Waals surface area contributed by atoms with Crippen molar-refractivity contribution in [2.24, 2.45) is 0 Å². The molecular formula is C15H18BrNOS. The standard InChI is InChI=1S/C15H18BrNOS/c1-2-17-14(15-12(16)6-8-18-15)11-4-3-5-13-10(11)7-9-19-13/h6-9,11,14,17H,2-5H2,1H3. The topological polar surface area (TPSA) is 25.2 Å². The molecule has 1 N–H and O–H groups in total. The summed E-state index contributed by atoms with van der Waals surface area (Å²) in [5.41, 5.74) is 1.52. The highest BCUT2D eigenvalue weighted by Gasteiger charge is 2.32. The first kappa shape index (κ1) is 13.4. The number of hydrogen-bond donors (Lipinski definition) is 1. The van der Waals surface area contributed by atoms with E-state index >= 15 is 0 Å². The molecule has 0 aromatic carbocycles. The minimum Gasteiger partial charge on any atom is -0.466 e. The Balaban J connectivity index is 1.96. The molecule has 4 heteroatoms.